The molecule has 3 N–H and O–H groups in total. The summed E-state index contributed by atoms with van der Waals surface area (Å²) in [6, 6.07) is 1.96. The number of sulfonamides is 1. The Hall–Kier alpha value is -0.700. The molecule has 0 amide bonds. The molecule has 0 spiro atoms. The molecule has 118 valence electrons. The molecule has 0 aliphatic carbocycles. The maximum Gasteiger partial charge on any atom is 0.242 e. The van der Waals surface area contributed by atoms with Crippen molar-refractivity contribution < 1.29 is 17.5 Å². The monoisotopic (exact) mass is 380 g/mol. The fourth-order valence-corrected chi connectivity index (χ4v) is 4.73. The fraction of sp³-hybridized carbons (Fsp3) is 0.538. The van der Waals surface area contributed by atoms with Gasteiger partial charge in [-0.25, -0.2) is 17.5 Å². The van der Waals surface area contributed by atoms with Crippen LogP contribution in [-0.4, -0.2) is 27.7 Å². The number of nitrogens with one attached hydrogen (secondary N) is 1. The molecule has 1 heterocycles. The first kappa shape index (κ1) is 16.7. The number of hydrogen-bond donors (Lipinski definition) is 2. The first-order valence-corrected chi connectivity index (χ1v) is 8.93. The normalized spacial score (nSPS) is 18.6. The van der Waals surface area contributed by atoms with Crippen molar-refractivity contribution in [3.05, 3.63) is 22.4 Å². The second-order valence-electron chi connectivity index (χ2n) is 5.16. The van der Waals surface area contributed by atoms with Gasteiger partial charge in [-0.05, 0) is 53.7 Å². The summed E-state index contributed by atoms with van der Waals surface area (Å²) in [4.78, 5) is -0.0553. The smallest absolute Gasteiger partial charge is 0.242 e. The maximum atomic E-state index is 13.3. The van der Waals surface area contributed by atoms with Gasteiger partial charge in [0.2, 0.25) is 10.0 Å². The van der Waals surface area contributed by atoms with Crippen LogP contribution in [0.2, 0.25) is 0 Å². The van der Waals surface area contributed by atoms with E-state index < -0.39 is 15.8 Å². The number of nitrogens with two attached hydrogens (primary N) is 1. The lowest BCUT2D eigenvalue weighted by atomic mass is 9.94. The minimum atomic E-state index is -3.76. The van der Waals surface area contributed by atoms with E-state index in [-0.39, 0.29) is 27.0 Å². The van der Waals surface area contributed by atoms with Crippen LogP contribution in [0.3, 0.4) is 0 Å². The third-order valence-electron chi connectivity index (χ3n) is 3.65. The molecule has 0 aromatic heterocycles. The highest BCUT2D eigenvalue weighted by atomic mass is 79.9. The van der Waals surface area contributed by atoms with Crippen LogP contribution in [0, 0.1) is 11.7 Å². The lowest BCUT2D eigenvalue weighted by Gasteiger charge is -2.28. The van der Waals surface area contributed by atoms with Crippen molar-refractivity contribution in [2.45, 2.75) is 30.7 Å². The van der Waals surface area contributed by atoms with Gasteiger partial charge in [-0.3, -0.25) is 0 Å². The van der Waals surface area contributed by atoms with E-state index in [0.29, 0.717) is 13.2 Å². The SMILES string of the molecule is CC(NS(=O)(=O)c1cc(N)c(F)cc1Br)C1CCOCC1. The summed E-state index contributed by atoms with van der Waals surface area (Å²) in [6.45, 7) is 3.11. The topological polar surface area (TPSA) is 81.4 Å². The summed E-state index contributed by atoms with van der Waals surface area (Å²) in [6.07, 6.45) is 1.63. The number of ether oxygens (including phenoxy) is 1. The Morgan fingerprint density at radius 3 is 2.67 bits per heavy atom. The van der Waals surface area contributed by atoms with Gasteiger partial charge in [-0.1, -0.05) is 0 Å². The average molecular weight is 381 g/mol. The Bertz CT molecular complexity index is 618. The van der Waals surface area contributed by atoms with E-state index in [4.69, 9.17) is 10.5 Å². The zero-order valence-electron chi connectivity index (χ0n) is 11.6. The summed E-state index contributed by atoms with van der Waals surface area (Å²) in [7, 11) is -3.76. The number of halogens is 2. The van der Waals surface area contributed by atoms with Crippen LogP contribution in [0.25, 0.3) is 0 Å². The van der Waals surface area contributed by atoms with E-state index in [2.05, 4.69) is 20.7 Å². The predicted molar refractivity (Wildman–Crippen MR) is 81.8 cm³/mol. The number of nitrogen functional groups attached to an aromatic ring is 1. The van der Waals surface area contributed by atoms with E-state index in [1.165, 1.54) is 0 Å². The van der Waals surface area contributed by atoms with Gasteiger partial charge in [0.05, 0.1) is 10.6 Å². The van der Waals surface area contributed by atoms with Crippen LogP contribution in [0.5, 0.6) is 0 Å². The molecule has 1 atom stereocenters. The third kappa shape index (κ3) is 3.94. The molecule has 0 saturated carbocycles. The average Bonchev–Trinajstić information content (AvgIpc) is 2.43. The molecule has 2 rings (SSSR count). The zero-order chi connectivity index (χ0) is 15.6. The van der Waals surface area contributed by atoms with Crippen molar-refractivity contribution in [2.24, 2.45) is 5.92 Å². The van der Waals surface area contributed by atoms with Crippen LogP contribution in [-0.2, 0) is 14.8 Å². The quantitative estimate of drug-likeness (QED) is 0.784. The van der Waals surface area contributed by atoms with Gasteiger partial charge in [0.25, 0.3) is 0 Å². The summed E-state index contributed by atoms with van der Waals surface area (Å²) < 4.78 is 46.2. The van der Waals surface area contributed by atoms with Gasteiger partial charge in [0, 0.05) is 23.7 Å². The molecule has 1 fully saturated rings. The summed E-state index contributed by atoms with van der Waals surface area (Å²) in [5.74, 6) is -0.427. The maximum absolute atomic E-state index is 13.3. The highest BCUT2D eigenvalue weighted by Gasteiger charge is 2.27. The minimum absolute atomic E-state index is 0.0553. The molecule has 8 heteroatoms. The lowest BCUT2D eigenvalue weighted by molar-refractivity contribution is 0.0585. The van der Waals surface area contributed by atoms with E-state index in [1.807, 2.05) is 6.92 Å². The molecule has 21 heavy (non-hydrogen) atoms. The number of benzene rings is 1. The van der Waals surface area contributed by atoms with Crippen LogP contribution in [0.1, 0.15) is 19.8 Å². The second kappa shape index (κ2) is 6.60. The number of anilines is 1. The molecule has 5 nitrogen and oxygen atoms in total. The molecule has 1 saturated heterocycles. The molecule has 1 aliphatic rings. The second-order valence-corrected chi connectivity index (χ2v) is 7.70. The standard InChI is InChI=1S/C13H18BrFN2O3S/c1-8(9-2-4-20-5-3-9)17-21(18,19)13-7-12(16)11(15)6-10(13)14/h6-9,17H,2-5,16H2,1H3. The van der Waals surface area contributed by atoms with Crippen molar-refractivity contribution in [2.75, 3.05) is 18.9 Å². The molecule has 1 unspecified atom stereocenters. The molecule has 0 radical (unpaired) electrons. The van der Waals surface area contributed by atoms with Crippen molar-refractivity contribution in [1.29, 1.82) is 0 Å². The van der Waals surface area contributed by atoms with E-state index in [0.717, 1.165) is 25.0 Å². The van der Waals surface area contributed by atoms with Gasteiger partial charge in [-0.2, -0.15) is 0 Å². The van der Waals surface area contributed by atoms with E-state index in [1.54, 1.807) is 0 Å². The Balaban J connectivity index is 2.20. The largest absolute Gasteiger partial charge is 0.396 e. The summed E-state index contributed by atoms with van der Waals surface area (Å²) in [5.41, 5.74) is 5.26. The third-order valence-corrected chi connectivity index (χ3v) is 6.17. The predicted octanol–water partition coefficient (Wildman–Crippen LogP) is 2.26. The van der Waals surface area contributed by atoms with Crippen molar-refractivity contribution in [3.8, 4) is 0 Å². The van der Waals surface area contributed by atoms with Crippen LogP contribution in [0.15, 0.2) is 21.5 Å². The van der Waals surface area contributed by atoms with Crippen LogP contribution >= 0.6 is 15.9 Å². The molecule has 0 bridgehead atoms. The molecule has 1 aromatic rings. The number of hydrogen-bond acceptors (Lipinski definition) is 4. The van der Waals surface area contributed by atoms with Crippen LogP contribution in [0.4, 0.5) is 10.1 Å². The number of rotatable bonds is 4. The first-order chi connectivity index (χ1) is 9.81. The summed E-state index contributed by atoms with van der Waals surface area (Å²) in [5, 5.41) is 0. The first-order valence-electron chi connectivity index (χ1n) is 6.66. The van der Waals surface area contributed by atoms with Crippen molar-refractivity contribution in [1.82, 2.24) is 4.72 Å². The van der Waals surface area contributed by atoms with Gasteiger partial charge >= 0.3 is 0 Å². The molecule has 1 aromatic carbocycles. The Morgan fingerprint density at radius 2 is 2.05 bits per heavy atom. The van der Waals surface area contributed by atoms with E-state index in [9.17, 15) is 12.8 Å². The Morgan fingerprint density at radius 1 is 1.43 bits per heavy atom. The fourth-order valence-electron chi connectivity index (χ4n) is 2.37. The van der Waals surface area contributed by atoms with Gasteiger partial charge < -0.3 is 10.5 Å². The van der Waals surface area contributed by atoms with Crippen molar-refractivity contribution in [3.63, 3.8) is 0 Å². The highest BCUT2D eigenvalue weighted by molar-refractivity contribution is 9.10. The van der Waals surface area contributed by atoms with Gasteiger partial charge in [-0.15, -0.1) is 0 Å². The highest BCUT2D eigenvalue weighted by Crippen LogP contribution is 2.28. The van der Waals surface area contributed by atoms with Gasteiger partial charge in [0.1, 0.15) is 5.82 Å². The minimum Gasteiger partial charge on any atom is -0.396 e. The molecular weight excluding hydrogens is 363 g/mol. The van der Waals surface area contributed by atoms with Crippen LogP contribution < -0.4 is 10.5 Å². The molecular formula is C13H18BrFN2O3S. The van der Waals surface area contributed by atoms with Crippen molar-refractivity contribution >= 4 is 31.6 Å². The van der Waals surface area contributed by atoms with Gasteiger partial charge in [0.15, 0.2) is 0 Å². The molecule has 1 aliphatic heterocycles. The Labute approximate surface area is 132 Å². The zero-order valence-corrected chi connectivity index (χ0v) is 14.0. The lowest BCUT2D eigenvalue weighted by Crippen LogP contribution is -2.40. The Kier molecular flexibility index (Phi) is 5.24. The summed E-state index contributed by atoms with van der Waals surface area (Å²) >= 11 is 3.07. The van der Waals surface area contributed by atoms with E-state index >= 15 is 0 Å².